The van der Waals surface area contributed by atoms with Crippen LogP contribution in [-0.4, -0.2) is 54.4 Å². The van der Waals surface area contributed by atoms with Crippen molar-refractivity contribution in [3.05, 3.63) is 29.8 Å². The third-order valence-electron chi connectivity index (χ3n) is 6.34. The molecule has 2 atom stereocenters. The number of nitrogens with zero attached hydrogens (tertiary/aromatic N) is 2. The molecule has 0 unspecified atom stereocenters. The van der Waals surface area contributed by atoms with E-state index < -0.39 is 0 Å². The summed E-state index contributed by atoms with van der Waals surface area (Å²) in [5.74, 6) is 2.06. The SMILES string of the molecule is COc1ccc(C(=O)N2CC[C@H]3C[C@@H]2C(=O)N(CC2CCCC2)C3)cc1. The Morgan fingerprint density at radius 3 is 2.58 bits per heavy atom. The summed E-state index contributed by atoms with van der Waals surface area (Å²) in [6.45, 7) is 2.45. The van der Waals surface area contributed by atoms with Crippen LogP contribution in [0.2, 0.25) is 0 Å². The highest BCUT2D eigenvalue weighted by Crippen LogP contribution is 2.33. The quantitative estimate of drug-likeness (QED) is 0.833. The van der Waals surface area contributed by atoms with E-state index in [0.717, 1.165) is 31.7 Å². The van der Waals surface area contributed by atoms with Crippen LogP contribution in [0.15, 0.2) is 24.3 Å². The van der Waals surface area contributed by atoms with Gasteiger partial charge < -0.3 is 14.5 Å². The Morgan fingerprint density at radius 2 is 1.88 bits per heavy atom. The monoisotopic (exact) mass is 356 g/mol. The molecule has 1 aromatic carbocycles. The molecule has 1 aliphatic carbocycles. The van der Waals surface area contributed by atoms with Gasteiger partial charge in [0.15, 0.2) is 0 Å². The van der Waals surface area contributed by atoms with Gasteiger partial charge in [0.05, 0.1) is 7.11 Å². The van der Waals surface area contributed by atoms with Crippen molar-refractivity contribution in [2.45, 2.75) is 44.6 Å². The second-order valence-corrected chi connectivity index (χ2v) is 8.03. The Hall–Kier alpha value is -2.04. The van der Waals surface area contributed by atoms with Crippen molar-refractivity contribution in [2.24, 2.45) is 11.8 Å². The molecular weight excluding hydrogens is 328 g/mol. The predicted molar refractivity (Wildman–Crippen MR) is 99.1 cm³/mol. The fraction of sp³-hybridized carbons (Fsp3) is 0.619. The molecular formula is C21H28N2O3. The lowest BCUT2D eigenvalue weighted by atomic mass is 9.85. The summed E-state index contributed by atoms with van der Waals surface area (Å²) in [7, 11) is 1.61. The second-order valence-electron chi connectivity index (χ2n) is 8.03. The second kappa shape index (κ2) is 7.29. The molecule has 5 nitrogen and oxygen atoms in total. The average Bonchev–Trinajstić information content (AvgIpc) is 3.19. The molecule has 1 saturated carbocycles. The van der Waals surface area contributed by atoms with Gasteiger partial charge in [0.25, 0.3) is 5.91 Å². The van der Waals surface area contributed by atoms with Crippen LogP contribution in [0.25, 0.3) is 0 Å². The molecule has 2 bridgehead atoms. The van der Waals surface area contributed by atoms with E-state index >= 15 is 0 Å². The van der Waals surface area contributed by atoms with E-state index in [1.165, 1.54) is 25.7 Å². The van der Waals surface area contributed by atoms with Crippen molar-refractivity contribution in [3.8, 4) is 5.75 Å². The van der Waals surface area contributed by atoms with E-state index in [9.17, 15) is 9.59 Å². The number of hydrogen-bond acceptors (Lipinski definition) is 3. The maximum atomic E-state index is 13.1. The van der Waals surface area contributed by atoms with Crippen LogP contribution in [0.4, 0.5) is 0 Å². The van der Waals surface area contributed by atoms with Crippen LogP contribution in [0.5, 0.6) is 5.75 Å². The van der Waals surface area contributed by atoms with Crippen LogP contribution < -0.4 is 4.74 Å². The Labute approximate surface area is 155 Å². The zero-order valence-electron chi connectivity index (χ0n) is 15.5. The largest absolute Gasteiger partial charge is 0.497 e. The highest BCUT2D eigenvalue weighted by Gasteiger charge is 2.43. The maximum absolute atomic E-state index is 13.1. The number of carbonyl (C=O) groups excluding carboxylic acids is 2. The van der Waals surface area contributed by atoms with Crippen LogP contribution >= 0.6 is 0 Å². The third kappa shape index (κ3) is 3.31. The van der Waals surface area contributed by atoms with Crippen LogP contribution in [0.1, 0.15) is 48.9 Å². The number of amides is 2. The number of benzene rings is 1. The molecule has 1 aromatic rings. The minimum atomic E-state index is -0.279. The van der Waals surface area contributed by atoms with Gasteiger partial charge in [-0.25, -0.2) is 0 Å². The van der Waals surface area contributed by atoms with Gasteiger partial charge in [0.1, 0.15) is 11.8 Å². The van der Waals surface area contributed by atoms with Crippen molar-refractivity contribution < 1.29 is 14.3 Å². The fourth-order valence-corrected chi connectivity index (χ4v) is 4.86. The summed E-state index contributed by atoms with van der Waals surface area (Å²) in [4.78, 5) is 30.0. The van der Waals surface area contributed by atoms with Gasteiger partial charge in [0.2, 0.25) is 5.91 Å². The Kier molecular flexibility index (Phi) is 4.88. The highest BCUT2D eigenvalue weighted by atomic mass is 16.5. The number of piperidine rings is 2. The van der Waals surface area contributed by atoms with E-state index in [2.05, 4.69) is 4.90 Å². The molecule has 3 aliphatic rings. The molecule has 4 rings (SSSR count). The first-order chi connectivity index (χ1) is 12.7. The predicted octanol–water partition coefficient (Wildman–Crippen LogP) is 2.95. The van der Waals surface area contributed by atoms with Gasteiger partial charge in [-0.3, -0.25) is 9.59 Å². The first-order valence-corrected chi connectivity index (χ1v) is 9.89. The molecule has 3 fully saturated rings. The number of likely N-dealkylation sites (tertiary alicyclic amines) is 2. The lowest BCUT2D eigenvalue weighted by Crippen LogP contribution is -2.60. The topological polar surface area (TPSA) is 49.9 Å². The molecule has 2 amide bonds. The molecule has 26 heavy (non-hydrogen) atoms. The minimum absolute atomic E-state index is 0.0350. The standard InChI is InChI=1S/C21H28N2O3/c1-26-18-8-6-17(7-9-18)20(24)23-11-10-16-12-19(23)21(25)22(14-16)13-15-4-2-3-5-15/h6-9,15-16,19H,2-5,10-14H2,1H3/t16-,19+/m0/s1. The van der Waals surface area contributed by atoms with Crippen molar-refractivity contribution in [3.63, 3.8) is 0 Å². The molecule has 2 heterocycles. The summed E-state index contributed by atoms with van der Waals surface area (Å²) in [6, 6.07) is 6.90. The van der Waals surface area contributed by atoms with Crippen molar-refractivity contribution in [1.29, 1.82) is 0 Å². The lowest BCUT2D eigenvalue weighted by Gasteiger charge is -2.47. The van der Waals surface area contributed by atoms with E-state index in [1.54, 1.807) is 36.3 Å². The molecule has 0 spiro atoms. The van der Waals surface area contributed by atoms with Gasteiger partial charge in [-0.2, -0.15) is 0 Å². The number of hydrogen-bond donors (Lipinski definition) is 0. The summed E-state index contributed by atoms with van der Waals surface area (Å²) < 4.78 is 5.17. The highest BCUT2D eigenvalue weighted by molar-refractivity contribution is 5.98. The number of carbonyl (C=O) groups is 2. The smallest absolute Gasteiger partial charge is 0.254 e. The van der Waals surface area contributed by atoms with E-state index in [-0.39, 0.29) is 17.9 Å². The first kappa shape index (κ1) is 17.4. The Bertz CT molecular complexity index is 666. The maximum Gasteiger partial charge on any atom is 0.254 e. The molecule has 0 radical (unpaired) electrons. The van der Waals surface area contributed by atoms with Crippen LogP contribution in [0, 0.1) is 11.8 Å². The van der Waals surface area contributed by atoms with Gasteiger partial charge in [-0.1, -0.05) is 12.8 Å². The van der Waals surface area contributed by atoms with E-state index in [0.29, 0.717) is 23.9 Å². The Balaban J connectivity index is 1.48. The first-order valence-electron chi connectivity index (χ1n) is 9.89. The van der Waals surface area contributed by atoms with E-state index in [1.807, 2.05) is 0 Å². The normalized spacial score (nSPS) is 26.3. The fourth-order valence-electron chi connectivity index (χ4n) is 4.86. The molecule has 5 heteroatoms. The molecule has 2 aliphatic heterocycles. The summed E-state index contributed by atoms with van der Waals surface area (Å²) in [6.07, 6.45) is 6.89. The number of methoxy groups -OCH3 is 1. The van der Waals surface area contributed by atoms with Crippen molar-refractivity contribution in [1.82, 2.24) is 9.80 Å². The molecule has 2 saturated heterocycles. The third-order valence-corrected chi connectivity index (χ3v) is 6.34. The van der Waals surface area contributed by atoms with E-state index in [4.69, 9.17) is 4.74 Å². The number of ether oxygens (including phenoxy) is 1. The number of fused-ring (bicyclic) bond motifs is 2. The Morgan fingerprint density at radius 1 is 1.15 bits per heavy atom. The van der Waals surface area contributed by atoms with Crippen LogP contribution in [0.3, 0.4) is 0 Å². The summed E-state index contributed by atoms with van der Waals surface area (Å²) >= 11 is 0. The summed E-state index contributed by atoms with van der Waals surface area (Å²) in [5.41, 5.74) is 0.630. The van der Waals surface area contributed by atoms with Gasteiger partial charge in [0, 0.05) is 25.2 Å². The lowest BCUT2D eigenvalue weighted by molar-refractivity contribution is -0.144. The summed E-state index contributed by atoms with van der Waals surface area (Å²) in [5, 5.41) is 0. The molecule has 140 valence electrons. The molecule has 0 aromatic heterocycles. The average molecular weight is 356 g/mol. The van der Waals surface area contributed by atoms with Crippen molar-refractivity contribution >= 4 is 11.8 Å². The zero-order chi connectivity index (χ0) is 18.1. The van der Waals surface area contributed by atoms with Gasteiger partial charge in [-0.05, 0) is 61.8 Å². The van der Waals surface area contributed by atoms with Crippen molar-refractivity contribution in [2.75, 3.05) is 26.7 Å². The van der Waals surface area contributed by atoms with Gasteiger partial charge in [-0.15, -0.1) is 0 Å². The number of rotatable bonds is 4. The van der Waals surface area contributed by atoms with Crippen LogP contribution in [-0.2, 0) is 4.79 Å². The molecule has 0 N–H and O–H groups in total. The minimum Gasteiger partial charge on any atom is -0.497 e. The zero-order valence-corrected chi connectivity index (χ0v) is 15.5. The van der Waals surface area contributed by atoms with Gasteiger partial charge >= 0.3 is 0 Å².